The molecule has 1 aliphatic rings. The van der Waals surface area contributed by atoms with Gasteiger partial charge in [-0.15, -0.1) is 0 Å². The van der Waals surface area contributed by atoms with Crippen molar-refractivity contribution in [3.05, 3.63) is 61.7 Å². The summed E-state index contributed by atoms with van der Waals surface area (Å²) in [5.41, 5.74) is -0.221. The van der Waals surface area contributed by atoms with Crippen LogP contribution in [0.15, 0.2) is 46.5 Å². The molecule has 28 heavy (non-hydrogen) atoms. The molecule has 148 valence electrons. The molecule has 2 rings (SSSR count). The number of hydrogen-bond donors (Lipinski definition) is 0. The Kier molecular flexibility index (Phi) is 5.36. The van der Waals surface area contributed by atoms with Crippen LogP contribution in [0.2, 0.25) is 0 Å². The van der Waals surface area contributed by atoms with Crippen LogP contribution in [-0.4, -0.2) is 21.3 Å². The summed E-state index contributed by atoms with van der Waals surface area (Å²) in [5, 5.41) is 22.3. The number of benzene rings is 1. The lowest BCUT2D eigenvalue weighted by atomic mass is 9.72. The van der Waals surface area contributed by atoms with Crippen LogP contribution in [0.1, 0.15) is 41.5 Å². The standard InChI is InChI=1S/C20H23N3O5/c1-19(2,3)14-9-12(10-15(18(14)24)20(4,5)6)21-16-8-7-13(22(25)26)11-17(16)23(27)28/h7-11H,1-6H3. The number of Topliss-reactive ketones (excluding diaryl/α,β-unsaturated/α-hetero) is 1. The van der Waals surface area contributed by atoms with Gasteiger partial charge in [0.1, 0.15) is 5.69 Å². The molecule has 0 radical (unpaired) electrons. The molecule has 0 amide bonds. The second kappa shape index (κ2) is 7.10. The topological polar surface area (TPSA) is 116 Å². The lowest BCUT2D eigenvalue weighted by Crippen LogP contribution is -2.29. The molecule has 0 spiro atoms. The molecule has 0 aromatic heterocycles. The van der Waals surface area contributed by atoms with Gasteiger partial charge >= 0.3 is 5.69 Å². The molecular formula is C20H23N3O5. The monoisotopic (exact) mass is 385 g/mol. The van der Waals surface area contributed by atoms with Crippen LogP contribution in [0, 0.1) is 31.1 Å². The highest BCUT2D eigenvalue weighted by Crippen LogP contribution is 2.38. The van der Waals surface area contributed by atoms with Crippen LogP contribution in [0.4, 0.5) is 17.1 Å². The van der Waals surface area contributed by atoms with Gasteiger partial charge in [0.25, 0.3) is 5.69 Å². The van der Waals surface area contributed by atoms with Gasteiger partial charge in [-0.1, -0.05) is 41.5 Å². The molecule has 8 nitrogen and oxygen atoms in total. The molecule has 0 saturated heterocycles. The minimum atomic E-state index is -0.705. The summed E-state index contributed by atoms with van der Waals surface area (Å²) in [7, 11) is 0. The van der Waals surface area contributed by atoms with E-state index in [4.69, 9.17) is 0 Å². The van der Waals surface area contributed by atoms with Crippen molar-refractivity contribution in [1.29, 1.82) is 0 Å². The number of rotatable bonds is 3. The third-order valence-electron chi connectivity index (χ3n) is 4.31. The fraction of sp³-hybridized carbons (Fsp3) is 0.400. The number of nitro benzene ring substituents is 2. The van der Waals surface area contributed by atoms with E-state index < -0.39 is 26.4 Å². The van der Waals surface area contributed by atoms with E-state index in [-0.39, 0.29) is 17.2 Å². The molecule has 0 fully saturated rings. The molecule has 1 aliphatic carbocycles. The molecule has 0 N–H and O–H groups in total. The minimum absolute atomic E-state index is 0.00559. The van der Waals surface area contributed by atoms with E-state index in [1.54, 1.807) is 12.2 Å². The summed E-state index contributed by atoms with van der Waals surface area (Å²) in [6.07, 6.45) is 3.26. The average Bonchev–Trinajstić information content (AvgIpc) is 2.54. The van der Waals surface area contributed by atoms with E-state index in [2.05, 4.69) is 4.99 Å². The highest BCUT2D eigenvalue weighted by molar-refractivity contribution is 6.23. The van der Waals surface area contributed by atoms with Crippen LogP contribution in [0.25, 0.3) is 0 Å². The zero-order valence-electron chi connectivity index (χ0n) is 16.8. The smallest absolute Gasteiger partial charge is 0.289 e. The first-order valence-corrected chi connectivity index (χ1v) is 8.72. The van der Waals surface area contributed by atoms with Crippen LogP contribution in [0.3, 0.4) is 0 Å². The fourth-order valence-electron chi connectivity index (χ4n) is 2.80. The van der Waals surface area contributed by atoms with Crippen molar-refractivity contribution >= 4 is 28.6 Å². The van der Waals surface area contributed by atoms with Gasteiger partial charge in [-0.05, 0) is 29.0 Å². The van der Waals surface area contributed by atoms with Crippen LogP contribution in [0.5, 0.6) is 0 Å². The van der Waals surface area contributed by atoms with Crippen molar-refractivity contribution < 1.29 is 14.6 Å². The van der Waals surface area contributed by atoms with Gasteiger partial charge < -0.3 is 0 Å². The van der Waals surface area contributed by atoms with Crippen molar-refractivity contribution in [2.45, 2.75) is 41.5 Å². The van der Waals surface area contributed by atoms with E-state index in [0.29, 0.717) is 16.9 Å². The molecule has 0 heterocycles. The van der Waals surface area contributed by atoms with Gasteiger partial charge in [0.05, 0.1) is 21.6 Å². The summed E-state index contributed by atoms with van der Waals surface area (Å²) in [4.78, 5) is 38.2. The van der Waals surface area contributed by atoms with Gasteiger partial charge in [-0.2, -0.15) is 0 Å². The first-order valence-electron chi connectivity index (χ1n) is 8.72. The number of allylic oxidation sites excluding steroid dienone is 4. The third-order valence-corrected chi connectivity index (χ3v) is 4.31. The van der Waals surface area contributed by atoms with E-state index in [1.165, 1.54) is 12.1 Å². The lowest BCUT2D eigenvalue weighted by Gasteiger charge is -2.31. The maximum atomic E-state index is 12.9. The number of carbonyl (C=O) groups excluding carboxylic acids is 1. The van der Waals surface area contributed by atoms with Gasteiger partial charge in [0.15, 0.2) is 5.78 Å². The average molecular weight is 385 g/mol. The first-order chi connectivity index (χ1) is 12.7. The normalized spacial score (nSPS) is 15.1. The van der Waals surface area contributed by atoms with Gasteiger partial charge in [0.2, 0.25) is 0 Å². The Bertz CT molecular complexity index is 921. The van der Waals surface area contributed by atoms with Crippen molar-refractivity contribution in [2.24, 2.45) is 15.8 Å². The predicted molar refractivity (Wildman–Crippen MR) is 107 cm³/mol. The zero-order valence-corrected chi connectivity index (χ0v) is 16.8. The molecule has 8 heteroatoms. The largest absolute Gasteiger partial charge is 0.301 e. The molecular weight excluding hydrogens is 362 g/mol. The van der Waals surface area contributed by atoms with Crippen molar-refractivity contribution in [3.8, 4) is 0 Å². The Morgan fingerprint density at radius 3 is 1.75 bits per heavy atom. The van der Waals surface area contributed by atoms with Crippen LogP contribution in [-0.2, 0) is 4.79 Å². The number of aliphatic imine (C=N–C) groups is 1. The number of non-ortho nitro benzene ring substituents is 1. The Labute approximate surface area is 163 Å². The number of nitro groups is 2. The van der Waals surface area contributed by atoms with E-state index in [9.17, 15) is 25.0 Å². The highest BCUT2D eigenvalue weighted by Gasteiger charge is 2.34. The van der Waals surface area contributed by atoms with E-state index in [0.717, 1.165) is 6.07 Å². The van der Waals surface area contributed by atoms with Gasteiger partial charge in [0, 0.05) is 17.2 Å². The molecule has 0 unspecified atom stereocenters. The molecule has 1 aromatic carbocycles. The Morgan fingerprint density at radius 2 is 1.36 bits per heavy atom. The first kappa shape index (κ1) is 21.1. The number of nitrogens with zero attached hydrogens (tertiary/aromatic N) is 3. The predicted octanol–water partition coefficient (Wildman–Crippen LogP) is 5.10. The zero-order chi connectivity index (χ0) is 21.4. The highest BCUT2D eigenvalue weighted by atomic mass is 16.6. The molecule has 1 aromatic rings. The molecule has 0 bridgehead atoms. The molecule has 0 aliphatic heterocycles. The summed E-state index contributed by atoms with van der Waals surface area (Å²) < 4.78 is 0. The third kappa shape index (κ3) is 4.39. The van der Waals surface area contributed by atoms with Crippen LogP contribution < -0.4 is 0 Å². The molecule has 0 atom stereocenters. The van der Waals surface area contributed by atoms with Gasteiger partial charge in [-0.25, -0.2) is 4.99 Å². The summed E-state index contributed by atoms with van der Waals surface area (Å²) in [5.74, 6) is -0.0721. The maximum absolute atomic E-state index is 12.9. The minimum Gasteiger partial charge on any atom is -0.289 e. The molecule has 0 saturated carbocycles. The van der Waals surface area contributed by atoms with E-state index >= 15 is 0 Å². The SMILES string of the molecule is CC(C)(C)C1=CC(=Nc2ccc([N+](=O)[O-])cc2[N+](=O)[O-])C=C(C(C)(C)C)C1=O. The second-order valence-corrected chi connectivity index (χ2v) is 8.67. The van der Waals surface area contributed by atoms with Crippen LogP contribution >= 0.6 is 0 Å². The lowest BCUT2D eigenvalue weighted by molar-refractivity contribution is -0.393. The Balaban J connectivity index is 2.70. The number of ketones is 1. The number of hydrogen-bond acceptors (Lipinski definition) is 6. The second-order valence-electron chi connectivity index (χ2n) is 8.67. The van der Waals surface area contributed by atoms with Crippen molar-refractivity contribution in [2.75, 3.05) is 0 Å². The van der Waals surface area contributed by atoms with Crippen molar-refractivity contribution in [1.82, 2.24) is 0 Å². The van der Waals surface area contributed by atoms with E-state index in [1.807, 2.05) is 41.5 Å². The Morgan fingerprint density at radius 1 is 0.857 bits per heavy atom. The summed E-state index contributed by atoms with van der Waals surface area (Å²) in [6, 6.07) is 3.30. The summed E-state index contributed by atoms with van der Waals surface area (Å²) >= 11 is 0. The Hall–Kier alpha value is -3.16. The maximum Gasteiger partial charge on any atom is 0.301 e. The van der Waals surface area contributed by atoms with Crippen molar-refractivity contribution in [3.63, 3.8) is 0 Å². The quantitative estimate of drug-likeness (QED) is 0.407. The summed E-state index contributed by atoms with van der Waals surface area (Å²) in [6.45, 7) is 11.5. The fourth-order valence-corrected chi connectivity index (χ4v) is 2.80. The number of carbonyl (C=O) groups is 1. The van der Waals surface area contributed by atoms with Gasteiger partial charge in [-0.3, -0.25) is 25.0 Å².